The minimum absolute atomic E-state index is 0.0540. The molecule has 1 aliphatic heterocycles. The molecule has 0 saturated carbocycles. The number of nitrogens with one attached hydrogen (secondary N) is 1. The van der Waals surface area contributed by atoms with Crippen molar-refractivity contribution in [3.8, 4) is 0 Å². The van der Waals surface area contributed by atoms with Crippen molar-refractivity contribution in [2.24, 2.45) is 5.41 Å². The fourth-order valence-corrected chi connectivity index (χ4v) is 3.63. The predicted octanol–water partition coefficient (Wildman–Crippen LogP) is 5.28. The zero-order valence-corrected chi connectivity index (χ0v) is 17.6. The number of carbonyl (C=O) groups excluding carboxylic acids is 2. The molecule has 0 fully saturated rings. The van der Waals surface area contributed by atoms with Crippen LogP contribution >= 0.6 is 0 Å². The van der Waals surface area contributed by atoms with E-state index in [1.165, 1.54) is 12.1 Å². The first kappa shape index (κ1) is 21.0. The molecule has 1 aliphatic rings. The summed E-state index contributed by atoms with van der Waals surface area (Å²) in [7, 11) is 0. The molecule has 0 radical (unpaired) electrons. The highest BCUT2D eigenvalue weighted by atomic mass is 19.1. The molecule has 29 heavy (non-hydrogen) atoms. The van der Waals surface area contributed by atoms with E-state index < -0.39 is 0 Å². The smallest absolute Gasteiger partial charge is 0.231 e. The molecule has 1 atom stereocenters. The minimum Gasteiger partial charge on any atom is -0.326 e. The van der Waals surface area contributed by atoms with E-state index in [4.69, 9.17) is 0 Å². The van der Waals surface area contributed by atoms with Gasteiger partial charge in [-0.05, 0) is 66.6 Å². The Labute approximate surface area is 172 Å². The van der Waals surface area contributed by atoms with Crippen LogP contribution in [0.25, 0.3) is 0 Å². The zero-order chi connectivity index (χ0) is 21.2. The quantitative estimate of drug-likeness (QED) is 0.764. The fourth-order valence-electron chi connectivity index (χ4n) is 3.63. The standard InChI is InChI=1S/C24H29FN2O2/c1-16(23(29)26-20-10-8-19(25)9-11-20)17-7-12-21-18(14-17)6-5-13-27(21)22(28)15-24(2,3)4/h7-12,14,16H,5-6,13,15H2,1-4H3,(H,26,29)/t16-/m0/s1. The molecular formula is C24H29FN2O2. The fraction of sp³-hybridized carbons (Fsp3) is 0.417. The summed E-state index contributed by atoms with van der Waals surface area (Å²) in [6, 6.07) is 11.7. The van der Waals surface area contributed by atoms with E-state index in [2.05, 4.69) is 26.1 Å². The maximum Gasteiger partial charge on any atom is 0.231 e. The van der Waals surface area contributed by atoms with Crippen LogP contribution in [0.1, 0.15) is 57.6 Å². The molecule has 0 aromatic heterocycles. The molecule has 2 aromatic rings. The van der Waals surface area contributed by atoms with Crippen LogP contribution in [0.15, 0.2) is 42.5 Å². The lowest BCUT2D eigenvalue weighted by atomic mass is 9.90. The van der Waals surface area contributed by atoms with Gasteiger partial charge in [-0.2, -0.15) is 0 Å². The first-order chi connectivity index (χ1) is 13.6. The Hall–Kier alpha value is -2.69. The van der Waals surface area contributed by atoms with E-state index in [0.717, 1.165) is 36.2 Å². The minimum atomic E-state index is -0.356. The summed E-state index contributed by atoms with van der Waals surface area (Å²) >= 11 is 0. The van der Waals surface area contributed by atoms with Gasteiger partial charge >= 0.3 is 0 Å². The lowest BCUT2D eigenvalue weighted by molar-refractivity contribution is -0.120. The lowest BCUT2D eigenvalue weighted by Crippen LogP contribution is -2.37. The van der Waals surface area contributed by atoms with Gasteiger partial charge in [0.25, 0.3) is 0 Å². The molecule has 0 bridgehead atoms. The average Bonchev–Trinajstić information content (AvgIpc) is 2.66. The summed E-state index contributed by atoms with van der Waals surface area (Å²) in [4.78, 5) is 27.3. The monoisotopic (exact) mass is 396 g/mol. The van der Waals surface area contributed by atoms with Gasteiger partial charge in [0.05, 0.1) is 5.92 Å². The molecule has 0 aliphatic carbocycles. The van der Waals surface area contributed by atoms with Crippen LogP contribution in [-0.4, -0.2) is 18.4 Å². The van der Waals surface area contributed by atoms with E-state index in [0.29, 0.717) is 12.1 Å². The van der Waals surface area contributed by atoms with Crippen molar-refractivity contribution in [3.05, 3.63) is 59.4 Å². The van der Waals surface area contributed by atoms with Gasteiger partial charge in [-0.25, -0.2) is 4.39 Å². The number of benzene rings is 2. The first-order valence-corrected chi connectivity index (χ1v) is 10.1. The number of carbonyl (C=O) groups is 2. The van der Waals surface area contributed by atoms with E-state index in [1.54, 1.807) is 12.1 Å². The lowest BCUT2D eigenvalue weighted by Gasteiger charge is -2.32. The van der Waals surface area contributed by atoms with Gasteiger partial charge in [0.15, 0.2) is 0 Å². The van der Waals surface area contributed by atoms with Gasteiger partial charge in [0.2, 0.25) is 11.8 Å². The highest BCUT2D eigenvalue weighted by molar-refractivity contribution is 5.97. The Morgan fingerprint density at radius 2 is 1.83 bits per heavy atom. The molecule has 154 valence electrons. The number of fused-ring (bicyclic) bond motifs is 1. The topological polar surface area (TPSA) is 49.4 Å². The van der Waals surface area contributed by atoms with Crippen molar-refractivity contribution >= 4 is 23.2 Å². The molecule has 3 rings (SSSR count). The van der Waals surface area contributed by atoms with Crippen molar-refractivity contribution in [1.29, 1.82) is 0 Å². The third kappa shape index (κ3) is 5.22. The molecule has 1 N–H and O–H groups in total. The van der Waals surface area contributed by atoms with Crippen LogP contribution < -0.4 is 10.2 Å². The van der Waals surface area contributed by atoms with Gasteiger partial charge in [0, 0.05) is 24.3 Å². The van der Waals surface area contributed by atoms with Gasteiger partial charge in [-0.1, -0.05) is 32.9 Å². The van der Waals surface area contributed by atoms with Crippen LogP contribution in [0, 0.1) is 11.2 Å². The summed E-state index contributed by atoms with van der Waals surface area (Å²) in [6.45, 7) is 8.80. The van der Waals surface area contributed by atoms with E-state index >= 15 is 0 Å². The number of rotatable bonds is 4. The van der Waals surface area contributed by atoms with Crippen LogP contribution in [0.3, 0.4) is 0 Å². The number of anilines is 2. The predicted molar refractivity (Wildman–Crippen MR) is 115 cm³/mol. The Morgan fingerprint density at radius 1 is 1.14 bits per heavy atom. The number of hydrogen-bond acceptors (Lipinski definition) is 2. The van der Waals surface area contributed by atoms with Crippen molar-refractivity contribution in [2.45, 2.75) is 52.9 Å². The van der Waals surface area contributed by atoms with Gasteiger partial charge in [0.1, 0.15) is 5.82 Å². The molecule has 1 heterocycles. The summed E-state index contributed by atoms with van der Waals surface area (Å²) in [5, 5.41) is 2.83. The highest BCUT2D eigenvalue weighted by Gasteiger charge is 2.27. The van der Waals surface area contributed by atoms with Crippen LogP contribution in [0.4, 0.5) is 15.8 Å². The van der Waals surface area contributed by atoms with Crippen molar-refractivity contribution < 1.29 is 14.0 Å². The first-order valence-electron chi connectivity index (χ1n) is 10.1. The zero-order valence-electron chi connectivity index (χ0n) is 17.6. The van der Waals surface area contributed by atoms with Gasteiger partial charge in [-0.3, -0.25) is 9.59 Å². The number of aryl methyl sites for hydroxylation is 1. The van der Waals surface area contributed by atoms with Crippen LogP contribution in [-0.2, 0) is 16.0 Å². The molecular weight excluding hydrogens is 367 g/mol. The SMILES string of the molecule is C[C@H](C(=O)Nc1ccc(F)cc1)c1ccc2c(c1)CCCN2C(=O)CC(C)(C)C. The highest BCUT2D eigenvalue weighted by Crippen LogP contribution is 2.32. The second-order valence-electron chi connectivity index (χ2n) is 8.99. The molecule has 4 nitrogen and oxygen atoms in total. The Balaban J connectivity index is 1.76. The van der Waals surface area contributed by atoms with Crippen LogP contribution in [0.5, 0.6) is 0 Å². The van der Waals surface area contributed by atoms with Gasteiger partial charge in [-0.15, -0.1) is 0 Å². The maximum absolute atomic E-state index is 13.0. The normalized spacial score (nSPS) is 14.9. The van der Waals surface area contributed by atoms with Crippen molar-refractivity contribution in [3.63, 3.8) is 0 Å². The van der Waals surface area contributed by atoms with Crippen LogP contribution in [0.2, 0.25) is 0 Å². The maximum atomic E-state index is 13.0. The Bertz CT molecular complexity index is 900. The third-order valence-corrected chi connectivity index (χ3v) is 5.21. The molecule has 2 amide bonds. The summed E-state index contributed by atoms with van der Waals surface area (Å²) in [5.41, 5.74) is 3.49. The Kier molecular flexibility index (Phi) is 6.06. The molecule has 0 unspecified atom stereocenters. The molecule has 2 aromatic carbocycles. The molecule has 0 saturated heterocycles. The van der Waals surface area contributed by atoms with E-state index in [9.17, 15) is 14.0 Å². The summed E-state index contributed by atoms with van der Waals surface area (Å²) in [5.74, 6) is -0.691. The number of nitrogens with zero attached hydrogens (tertiary/aromatic N) is 1. The average molecular weight is 397 g/mol. The number of amides is 2. The molecule has 0 spiro atoms. The summed E-state index contributed by atoms with van der Waals surface area (Å²) in [6.07, 6.45) is 2.32. The summed E-state index contributed by atoms with van der Waals surface area (Å²) < 4.78 is 13.0. The second kappa shape index (κ2) is 8.36. The second-order valence-corrected chi connectivity index (χ2v) is 8.99. The van der Waals surface area contributed by atoms with E-state index in [-0.39, 0.29) is 29.0 Å². The van der Waals surface area contributed by atoms with Gasteiger partial charge < -0.3 is 10.2 Å². The third-order valence-electron chi connectivity index (χ3n) is 5.21. The van der Waals surface area contributed by atoms with Crippen molar-refractivity contribution in [1.82, 2.24) is 0 Å². The van der Waals surface area contributed by atoms with Crippen molar-refractivity contribution in [2.75, 3.05) is 16.8 Å². The largest absolute Gasteiger partial charge is 0.326 e. The molecule has 5 heteroatoms. The Morgan fingerprint density at radius 3 is 2.48 bits per heavy atom. The number of hydrogen-bond donors (Lipinski definition) is 1. The number of halogens is 1. The van der Waals surface area contributed by atoms with E-state index in [1.807, 2.05) is 30.0 Å².